The number of hydrogen-bond donors (Lipinski definition) is 5. The molecule has 0 aromatic heterocycles. The van der Waals surface area contributed by atoms with Gasteiger partial charge in [-0.1, -0.05) is 12.1 Å². The van der Waals surface area contributed by atoms with Gasteiger partial charge in [-0.3, -0.25) is 14.4 Å². The van der Waals surface area contributed by atoms with E-state index in [0.717, 1.165) is 27.2 Å². The Labute approximate surface area is 274 Å². The minimum atomic E-state index is -2.13. The molecule has 2 aromatic carbocycles. The quantitative estimate of drug-likeness (QED) is 0.128. The maximum absolute atomic E-state index is 13.8. The lowest BCUT2D eigenvalue weighted by Gasteiger charge is -2.43. The van der Waals surface area contributed by atoms with Crippen molar-refractivity contribution in [2.24, 2.45) is 0 Å². The predicted molar refractivity (Wildman–Crippen MR) is 161 cm³/mol. The second-order valence-corrected chi connectivity index (χ2v) is 11.8. The predicted octanol–water partition coefficient (Wildman–Crippen LogP) is 0.890. The molecule has 15 nitrogen and oxygen atoms in total. The van der Waals surface area contributed by atoms with E-state index in [1.165, 1.54) is 32.2 Å². The van der Waals surface area contributed by atoms with Crippen molar-refractivity contribution >= 4 is 29.3 Å². The summed E-state index contributed by atoms with van der Waals surface area (Å²) in [5.41, 5.74) is -3.97. The lowest BCUT2D eigenvalue weighted by atomic mass is 9.72. The van der Waals surface area contributed by atoms with Crippen molar-refractivity contribution in [3.8, 4) is 17.2 Å². The van der Waals surface area contributed by atoms with Gasteiger partial charge in [-0.2, -0.15) is 0 Å². The fourth-order valence-corrected chi connectivity index (χ4v) is 6.41. The van der Waals surface area contributed by atoms with Crippen LogP contribution in [0.4, 0.5) is 0 Å². The van der Waals surface area contributed by atoms with E-state index in [-0.39, 0.29) is 40.1 Å². The summed E-state index contributed by atoms with van der Waals surface area (Å²) in [5.74, 6) is -5.42. The summed E-state index contributed by atoms with van der Waals surface area (Å²) in [6.07, 6.45) is -5.15. The van der Waals surface area contributed by atoms with Gasteiger partial charge in [-0.05, 0) is 19.9 Å². The third kappa shape index (κ3) is 5.78. The molecule has 0 bridgehead atoms. The highest BCUT2D eigenvalue weighted by Gasteiger charge is 2.49. The molecule has 2 aromatic rings. The van der Waals surface area contributed by atoms with E-state index in [1.807, 2.05) is 0 Å². The number of carbonyl (C=O) groups is 5. The molecule has 1 aliphatic heterocycles. The lowest BCUT2D eigenvalue weighted by molar-refractivity contribution is -0.249. The van der Waals surface area contributed by atoms with Crippen LogP contribution in [0.3, 0.4) is 0 Å². The van der Waals surface area contributed by atoms with E-state index in [2.05, 4.69) is 10.1 Å². The van der Waals surface area contributed by atoms with Gasteiger partial charge in [0.1, 0.15) is 34.7 Å². The number of fused-ring (bicyclic) bond motifs is 3. The molecule has 1 fully saturated rings. The molecule has 2 aliphatic carbocycles. The number of phenolic OH excluding ortho intramolecular Hbond substituents is 2. The smallest absolute Gasteiger partial charge is 0.354 e. The summed E-state index contributed by atoms with van der Waals surface area (Å²) >= 11 is 0. The molecule has 0 unspecified atom stereocenters. The number of aromatic hydroxyl groups is 2. The van der Waals surface area contributed by atoms with Crippen LogP contribution < -0.4 is 10.1 Å². The first-order valence-electron chi connectivity index (χ1n) is 14.9. The van der Waals surface area contributed by atoms with Gasteiger partial charge in [-0.25, -0.2) is 9.59 Å². The van der Waals surface area contributed by atoms with Crippen LogP contribution in [-0.2, 0) is 39.8 Å². The maximum Gasteiger partial charge on any atom is 0.354 e. The van der Waals surface area contributed by atoms with Crippen LogP contribution in [0, 0.1) is 0 Å². The van der Waals surface area contributed by atoms with Crippen molar-refractivity contribution in [2.75, 3.05) is 21.3 Å². The third-order valence-electron chi connectivity index (χ3n) is 8.96. The van der Waals surface area contributed by atoms with Crippen molar-refractivity contribution < 1.29 is 68.1 Å². The van der Waals surface area contributed by atoms with Crippen molar-refractivity contribution in [2.45, 2.75) is 69.4 Å². The number of benzene rings is 2. The van der Waals surface area contributed by atoms with Crippen molar-refractivity contribution in [1.29, 1.82) is 0 Å². The average molecular weight is 670 g/mol. The number of ketones is 3. The van der Waals surface area contributed by atoms with Gasteiger partial charge >= 0.3 is 11.9 Å². The van der Waals surface area contributed by atoms with Gasteiger partial charge in [0.25, 0.3) is 0 Å². The van der Waals surface area contributed by atoms with Crippen molar-refractivity contribution in [1.82, 2.24) is 5.32 Å². The molecule has 0 amide bonds. The van der Waals surface area contributed by atoms with E-state index < -0.39 is 101 Å². The average Bonchev–Trinajstić information content (AvgIpc) is 3.05. The van der Waals surface area contributed by atoms with Gasteiger partial charge < -0.3 is 49.4 Å². The van der Waals surface area contributed by atoms with E-state index in [4.69, 9.17) is 18.9 Å². The minimum Gasteiger partial charge on any atom is -0.507 e. The summed E-state index contributed by atoms with van der Waals surface area (Å²) in [6.45, 7) is 2.64. The van der Waals surface area contributed by atoms with Crippen molar-refractivity contribution in [3.63, 3.8) is 0 Å². The van der Waals surface area contributed by atoms with E-state index >= 15 is 0 Å². The normalized spacial score (nSPS) is 26.5. The van der Waals surface area contributed by atoms with Gasteiger partial charge in [-0.15, -0.1) is 0 Å². The molecule has 5 N–H and O–H groups in total. The van der Waals surface area contributed by atoms with Gasteiger partial charge in [0.05, 0.1) is 62.3 Å². The number of methoxy groups -OCH3 is 3. The Hall–Kier alpha value is -4.83. The summed E-state index contributed by atoms with van der Waals surface area (Å²) in [6, 6.07) is 3.35. The van der Waals surface area contributed by atoms with Gasteiger partial charge in [0, 0.05) is 36.0 Å². The number of rotatable bonds is 8. The first kappa shape index (κ1) is 34.5. The Morgan fingerprint density at radius 3 is 2.33 bits per heavy atom. The highest BCUT2D eigenvalue weighted by molar-refractivity contribution is 6.31. The standard InChI is InChI=1S/C33H35NO14/c1-13-27(37)17(34-18(32(42)46-5)9-21(36)45-4)10-22(47-13)48-20-12-33(43,14(2)35)11-16-24(20)31(41)26-25(29(16)39)28(38)15-7-6-8-19(44-3)23(15)30(26)40/h6-9,13,17,20,22,27,34,37,39,41,43H,10-12H2,1-5H3/b18-9-/t13-,17-,20-,22-,27+,33-/m0/s1. The second-order valence-electron chi connectivity index (χ2n) is 11.8. The fourth-order valence-electron chi connectivity index (χ4n) is 6.41. The topological polar surface area (TPSA) is 224 Å². The molecule has 5 rings (SSSR count). The number of phenols is 2. The molecule has 3 aliphatic rings. The molecule has 1 saturated heterocycles. The minimum absolute atomic E-state index is 0.0683. The number of ether oxygens (including phenoxy) is 5. The number of aliphatic hydroxyl groups excluding tert-OH is 1. The number of carbonyl (C=O) groups excluding carboxylic acids is 5. The number of esters is 2. The molecule has 0 spiro atoms. The van der Waals surface area contributed by atoms with E-state index in [0.29, 0.717) is 0 Å². The third-order valence-corrected chi connectivity index (χ3v) is 8.96. The van der Waals surface area contributed by atoms with Gasteiger partial charge in [0.2, 0.25) is 5.78 Å². The molecule has 15 heteroatoms. The number of hydrogen-bond acceptors (Lipinski definition) is 15. The number of aliphatic hydroxyl groups is 2. The zero-order valence-electron chi connectivity index (χ0n) is 26.7. The number of nitrogens with one attached hydrogen (secondary N) is 1. The second kappa shape index (κ2) is 13.0. The van der Waals surface area contributed by atoms with E-state index in [9.17, 15) is 44.4 Å². The summed E-state index contributed by atoms with van der Waals surface area (Å²) in [4.78, 5) is 64.5. The summed E-state index contributed by atoms with van der Waals surface area (Å²) in [5, 5.41) is 48.3. The Balaban J connectivity index is 1.57. The molecular formula is C33H35NO14. The van der Waals surface area contributed by atoms with Crippen LogP contribution in [0.25, 0.3) is 0 Å². The molecular weight excluding hydrogens is 634 g/mol. The molecule has 0 saturated carbocycles. The highest BCUT2D eigenvalue weighted by atomic mass is 16.7. The zero-order valence-corrected chi connectivity index (χ0v) is 26.7. The largest absolute Gasteiger partial charge is 0.507 e. The molecule has 48 heavy (non-hydrogen) atoms. The molecule has 0 radical (unpaired) electrons. The Morgan fingerprint density at radius 1 is 1.02 bits per heavy atom. The first-order valence-corrected chi connectivity index (χ1v) is 14.9. The first-order chi connectivity index (χ1) is 22.7. The highest BCUT2D eigenvalue weighted by Crippen LogP contribution is 2.52. The van der Waals surface area contributed by atoms with Crippen LogP contribution >= 0.6 is 0 Å². The Bertz CT molecular complexity index is 1750. The Kier molecular flexibility index (Phi) is 9.34. The fraction of sp³-hybridized carbons (Fsp3) is 0.424. The van der Waals surface area contributed by atoms with Gasteiger partial charge in [0.15, 0.2) is 17.9 Å². The summed E-state index contributed by atoms with van der Waals surface area (Å²) in [7, 11) is 3.51. The van der Waals surface area contributed by atoms with Crippen LogP contribution in [0.15, 0.2) is 30.0 Å². The maximum atomic E-state index is 13.8. The van der Waals surface area contributed by atoms with Crippen molar-refractivity contribution in [3.05, 3.63) is 63.4 Å². The van der Waals surface area contributed by atoms with Crippen LogP contribution in [-0.4, -0.2) is 101 Å². The monoisotopic (exact) mass is 669 g/mol. The molecule has 1 heterocycles. The van der Waals surface area contributed by atoms with Crippen LogP contribution in [0.1, 0.15) is 75.8 Å². The molecule has 256 valence electrons. The Morgan fingerprint density at radius 2 is 1.71 bits per heavy atom. The summed E-state index contributed by atoms with van der Waals surface area (Å²) < 4.78 is 26.7. The SMILES string of the molecule is COC(=O)/C=C(\N[C@H]1C[C@H](O[C@H]2C[C@](O)(C(C)=O)Cc3c(O)c4c(c(O)c32)C(=O)c2c(OC)cccc2C4=O)O[C@@H](C)[C@H]1O)C(=O)OC. The zero-order chi connectivity index (χ0) is 35.2. The van der Waals surface area contributed by atoms with Crippen LogP contribution in [0.5, 0.6) is 17.2 Å². The van der Waals surface area contributed by atoms with E-state index in [1.54, 1.807) is 0 Å². The lowest BCUT2D eigenvalue weighted by Crippen LogP contribution is -2.55. The number of Topliss-reactive ketones (excluding diaryl/α,β-unsaturated/α-hetero) is 1. The molecule has 6 atom stereocenters. The van der Waals surface area contributed by atoms with Crippen LogP contribution in [0.2, 0.25) is 0 Å².